The fourth-order valence-electron chi connectivity index (χ4n) is 3.98. The molecule has 11 heteroatoms. The maximum atomic E-state index is 14.9. The lowest BCUT2D eigenvalue weighted by atomic mass is 9.97. The fourth-order valence-corrected chi connectivity index (χ4v) is 3.98. The van der Waals surface area contributed by atoms with Gasteiger partial charge in [-0.1, -0.05) is 18.2 Å². The Hall–Kier alpha value is -4.02. The third-order valence-corrected chi connectivity index (χ3v) is 5.59. The predicted molar refractivity (Wildman–Crippen MR) is 118 cm³/mol. The van der Waals surface area contributed by atoms with Crippen molar-refractivity contribution in [2.45, 2.75) is 25.4 Å². The van der Waals surface area contributed by atoms with Crippen molar-refractivity contribution in [3.8, 4) is 5.69 Å². The van der Waals surface area contributed by atoms with E-state index in [-0.39, 0.29) is 16.9 Å². The van der Waals surface area contributed by atoms with Gasteiger partial charge in [0.1, 0.15) is 0 Å². The molecule has 3 aromatic rings. The average molecular weight is 490 g/mol. The number of benzene rings is 2. The highest BCUT2D eigenvalue weighted by Crippen LogP contribution is 2.44. The van der Waals surface area contributed by atoms with E-state index in [0.717, 1.165) is 17.0 Å². The minimum atomic E-state index is -4.91. The molecule has 0 aliphatic carbocycles. The van der Waals surface area contributed by atoms with Gasteiger partial charge in [-0.15, -0.1) is 0 Å². The highest BCUT2D eigenvalue weighted by atomic mass is 19.4. The number of fused-ring (bicyclic) bond motifs is 1. The lowest BCUT2D eigenvalue weighted by molar-refractivity contribution is -0.137. The molecule has 0 fully saturated rings. The lowest BCUT2D eigenvalue weighted by Gasteiger charge is -2.24. The van der Waals surface area contributed by atoms with E-state index >= 15 is 0 Å². The van der Waals surface area contributed by atoms with Crippen LogP contribution in [-0.2, 0) is 11.0 Å². The molecule has 182 valence electrons. The first-order chi connectivity index (χ1) is 16.4. The zero-order valence-corrected chi connectivity index (χ0v) is 18.3. The first kappa shape index (κ1) is 24.1. The summed E-state index contributed by atoms with van der Waals surface area (Å²) in [6.07, 6.45) is -3.77. The first-order valence-corrected chi connectivity index (χ1v) is 10.4. The van der Waals surface area contributed by atoms with Crippen LogP contribution >= 0.6 is 0 Å². The van der Waals surface area contributed by atoms with Crippen LogP contribution in [0.3, 0.4) is 0 Å². The maximum Gasteiger partial charge on any atom is 0.417 e. The third kappa shape index (κ3) is 4.66. The van der Waals surface area contributed by atoms with Crippen molar-refractivity contribution >= 4 is 23.1 Å². The van der Waals surface area contributed by atoms with Gasteiger partial charge in [0.05, 0.1) is 28.2 Å². The number of carbonyl (C=O) groups excluding carboxylic acids is 2. The van der Waals surface area contributed by atoms with E-state index < -0.39 is 53.6 Å². The Balaban J connectivity index is 1.85. The molecule has 1 aliphatic heterocycles. The molecular formula is C24H19F5N4O2. The Morgan fingerprint density at radius 2 is 1.83 bits per heavy atom. The number of para-hydroxylation sites is 1. The standard InChI is InChI=1S/C24H19F5N4O2/c1-14-8-10-33(31-14)15-6-7-17(19(12-15)24(27,28)29)22(35)32-11-9-23(25,26)18(13-21(30)34)16-4-2-3-5-20(16)32/h2-8,10,12-13H,9,11H2,1H3,(H2,30,34). The van der Waals surface area contributed by atoms with Crippen molar-refractivity contribution in [2.75, 3.05) is 11.4 Å². The number of alkyl halides is 5. The van der Waals surface area contributed by atoms with Gasteiger partial charge in [0.2, 0.25) is 5.91 Å². The zero-order chi connectivity index (χ0) is 25.5. The molecule has 0 unspecified atom stereocenters. The molecule has 0 saturated carbocycles. The van der Waals surface area contributed by atoms with Crippen LogP contribution in [-0.4, -0.2) is 34.1 Å². The summed E-state index contributed by atoms with van der Waals surface area (Å²) < 4.78 is 73.1. The second-order valence-electron chi connectivity index (χ2n) is 8.02. The minimum absolute atomic E-state index is 0.0536. The highest BCUT2D eigenvalue weighted by Gasteiger charge is 2.43. The van der Waals surface area contributed by atoms with Gasteiger partial charge in [0.25, 0.3) is 11.8 Å². The number of hydrogen-bond acceptors (Lipinski definition) is 3. The van der Waals surface area contributed by atoms with Gasteiger partial charge >= 0.3 is 6.18 Å². The van der Waals surface area contributed by atoms with E-state index in [1.807, 2.05) is 0 Å². The monoisotopic (exact) mass is 490 g/mol. The normalized spacial score (nSPS) is 16.6. The number of halogens is 5. The van der Waals surface area contributed by atoms with Crippen molar-refractivity contribution in [3.05, 3.63) is 83.2 Å². The van der Waals surface area contributed by atoms with E-state index in [0.29, 0.717) is 11.8 Å². The van der Waals surface area contributed by atoms with Gasteiger partial charge in [0, 0.05) is 36.4 Å². The van der Waals surface area contributed by atoms with Gasteiger partial charge in [-0.05, 0) is 37.3 Å². The molecule has 1 aromatic heterocycles. The van der Waals surface area contributed by atoms with Crippen LogP contribution in [0.15, 0.2) is 60.8 Å². The Labute approximate surface area is 196 Å². The summed E-state index contributed by atoms with van der Waals surface area (Å²) in [6, 6.07) is 10.2. The molecule has 1 aliphatic rings. The van der Waals surface area contributed by atoms with Crippen LogP contribution < -0.4 is 10.6 Å². The van der Waals surface area contributed by atoms with E-state index in [1.54, 1.807) is 13.0 Å². The van der Waals surface area contributed by atoms with Gasteiger partial charge in [0.15, 0.2) is 0 Å². The number of allylic oxidation sites excluding steroid dienone is 1. The number of amides is 2. The number of nitrogens with zero attached hydrogens (tertiary/aromatic N) is 3. The number of aromatic nitrogens is 2. The summed E-state index contributed by atoms with van der Waals surface area (Å²) in [5, 5.41) is 4.09. The molecule has 0 spiro atoms. The van der Waals surface area contributed by atoms with E-state index in [2.05, 4.69) is 5.10 Å². The maximum absolute atomic E-state index is 14.9. The molecule has 2 heterocycles. The Morgan fingerprint density at radius 3 is 2.46 bits per heavy atom. The smallest absolute Gasteiger partial charge is 0.366 e. The Morgan fingerprint density at radius 1 is 1.11 bits per heavy atom. The summed E-state index contributed by atoms with van der Waals surface area (Å²) in [5.41, 5.74) is 2.92. The SMILES string of the molecule is Cc1ccn(-c2ccc(C(=O)N3CCC(F)(F)C(=CC(N)=O)c4ccccc43)c(C(F)(F)F)c2)n1. The zero-order valence-electron chi connectivity index (χ0n) is 18.3. The predicted octanol–water partition coefficient (Wildman–Crippen LogP) is 4.75. The summed E-state index contributed by atoms with van der Waals surface area (Å²) in [4.78, 5) is 25.7. The second kappa shape index (κ2) is 8.64. The molecule has 2 N–H and O–H groups in total. The van der Waals surface area contributed by atoms with E-state index in [1.165, 1.54) is 41.2 Å². The third-order valence-electron chi connectivity index (χ3n) is 5.59. The number of anilines is 1. The number of primary amides is 1. The van der Waals surface area contributed by atoms with Crippen LogP contribution in [0.5, 0.6) is 0 Å². The number of hydrogen-bond donors (Lipinski definition) is 1. The molecule has 0 bridgehead atoms. The first-order valence-electron chi connectivity index (χ1n) is 10.4. The Bertz CT molecular complexity index is 1340. The molecule has 2 amide bonds. The van der Waals surface area contributed by atoms with Gasteiger partial charge in [-0.25, -0.2) is 13.5 Å². The van der Waals surface area contributed by atoms with Crippen LogP contribution in [0.2, 0.25) is 0 Å². The van der Waals surface area contributed by atoms with Gasteiger partial charge < -0.3 is 10.6 Å². The molecule has 6 nitrogen and oxygen atoms in total. The fraction of sp³-hybridized carbons (Fsp3) is 0.208. The second-order valence-corrected chi connectivity index (χ2v) is 8.02. The summed E-state index contributed by atoms with van der Waals surface area (Å²) in [5.74, 6) is -5.77. The number of rotatable bonds is 3. The van der Waals surface area contributed by atoms with Gasteiger partial charge in [-0.3, -0.25) is 9.59 Å². The number of carbonyl (C=O) groups is 2. The highest BCUT2D eigenvalue weighted by molar-refractivity contribution is 6.10. The summed E-state index contributed by atoms with van der Waals surface area (Å²) >= 11 is 0. The van der Waals surface area contributed by atoms with Crippen molar-refractivity contribution < 1.29 is 31.5 Å². The molecule has 2 aromatic carbocycles. The summed E-state index contributed by atoms with van der Waals surface area (Å²) in [6.45, 7) is 1.09. The quantitative estimate of drug-likeness (QED) is 0.425. The van der Waals surface area contributed by atoms with E-state index in [4.69, 9.17) is 5.73 Å². The Kier molecular flexibility index (Phi) is 5.95. The average Bonchev–Trinajstić information content (AvgIpc) is 3.18. The molecule has 0 radical (unpaired) electrons. The summed E-state index contributed by atoms with van der Waals surface area (Å²) in [7, 11) is 0. The minimum Gasteiger partial charge on any atom is -0.366 e. The number of aryl methyl sites for hydroxylation is 1. The molecule has 0 saturated heterocycles. The topological polar surface area (TPSA) is 81.2 Å². The lowest BCUT2D eigenvalue weighted by Crippen LogP contribution is -2.34. The van der Waals surface area contributed by atoms with Crippen LogP contribution in [0.25, 0.3) is 11.3 Å². The van der Waals surface area contributed by atoms with Gasteiger partial charge in [-0.2, -0.15) is 18.3 Å². The van der Waals surface area contributed by atoms with Crippen LogP contribution in [0.4, 0.5) is 27.6 Å². The molecular weight excluding hydrogens is 471 g/mol. The van der Waals surface area contributed by atoms with Crippen LogP contribution in [0.1, 0.15) is 33.6 Å². The molecule has 35 heavy (non-hydrogen) atoms. The van der Waals surface area contributed by atoms with Crippen molar-refractivity contribution in [3.63, 3.8) is 0 Å². The van der Waals surface area contributed by atoms with Crippen molar-refractivity contribution in [2.24, 2.45) is 5.73 Å². The van der Waals surface area contributed by atoms with Crippen LogP contribution in [0, 0.1) is 6.92 Å². The molecule has 4 rings (SSSR count). The van der Waals surface area contributed by atoms with Crippen molar-refractivity contribution in [1.29, 1.82) is 0 Å². The van der Waals surface area contributed by atoms with Crippen molar-refractivity contribution in [1.82, 2.24) is 9.78 Å². The largest absolute Gasteiger partial charge is 0.417 e. The molecule has 0 atom stereocenters. The van der Waals surface area contributed by atoms with E-state index in [9.17, 15) is 31.5 Å². The number of nitrogens with two attached hydrogens (primary N) is 1.